The number of hydrogen-bond acceptors (Lipinski definition) is 2. The Morgan fingerprint density at radius 1 is 1.40 bits per heavy atom. The molecule has 1 aromatic carbocycles. The normalized spacial score (nSPS) is 12.6. The Morgan fingerprint density at radius 3 is 2.60 bits per heavy atom. The number of halogens is 1. The standard InChI is InChI=1S/C12H18ClNO/c1-8-6-9(2)12(10(14)4-5-13)11(7-8)15-3/h6-7,10H,4-5,14H2,1-3H3. The molecule has 0 bridgehead atoms. The van der Waals surface area contributed by atoms with Crippen LogP contribution in [-0.4, -0.2) is 13.0 Å². The number of hydrogen-bond donors (Lipinski definition) is 1. The molecular formula is C12H18ClNO. The van der Waals surface area contributed by atoms with Crippen LogP contribution in [0.4, 0.5) is 0 Å². The largest absolute Gasteiger partial charge is 0.496 e. The molecule has 1 rings (SSSR count). The summed E-state index contributed by atoms with van der Waals surface area (Å²) in [5, 5.41) is 0. The van der Waals surface area contributed by atoms with Crippen molar-refractivity contribution in [2.75, 3.05) is 13.0 Å². The minimum absolute atomic E-state index is 0.0435. The van der Waals surface area contributed by atoms with Gasteiger partial charge in [0, 0.05) is 17.5 Å². The lowest BCUT2D eigenvalue weighted by atomic mass is 9.97. The van der Waals surface area contributed by atoms with Crippen LogP contribution in [0.3, 0.4) is 0 Å². The fraction of sp³-hybridized carbons (Fsp3) is 0.500. The van der Waals surface area contributed by atoms with Crippen molar-refractivity contribution in [2.24, 2.45) is 5.73 Å². The van der Waals surface area contributed by atoms with E-state index in [-0.39, 0.29) is 6.04 Å². The van der Waals surface area contributed by atoms with E-state index in [1.54, 1.807) is 7.11 Å². The molecule has 1 unspecified atom stereocenters. The number of rotatable bonds is 4. The Morgan fingerprint density at radius 2 is 2.07 bits per heavy atom. The summed E-state index contributed by atoms with van der Waals surface area (Å²) in [6.07, 6.45) is 0.766. The average Bonchev–Trinajstić information content (AvgIpc) is 2.16. The third-order valence-electron chi connectivity index (χ3n) is 2.50. The number of methoxy groups -OCH3 is 1. The minimum Gasteiger partial charge on any atom is -0.496 e. The fourth-order valence-electron chi connectivity index (χ4n) is 1.85. The van der Waals surface area contributed by atoms with Crippen molar-refractivity contribution in [3.8, 4) is 5.75 Å². The lowest BCUT2D eigenvalue weighted by Gasteiger charge is -2.18. The molecule has 15 heavy (non-hydrogen) atoms. The average molecular weight is 228 g/mol. The Hall–Kier alpha value is -0.730. The molecular weight excluding hydrogens is 210 g/mol. The summed E-state index contributed by atoms with van der Waals surface area (Å²) in [5.41, 5.74) is 9.50. The molecule has 2 nitrogen and oxygen atoms in total. The van der Waals surface area contributed by atoms with Gasteiger partial charge in [0.1, 0.15) is 5.75 Å². The molecule has 1 aromatic rings. The van der Waals surface area contributed by atoms with E-state index in [1.807, 2.05) is 13.0 Å². The fourth-order valence-corrected chi connectivity index (χ4v) is 2.08. The maximum Gasteiger partial charge on any atom is 0.124 e. The molecule has 0 aliphatic rings. The maximum atomic E-state index is 6.07. The first kappa shape index (κ1) is 12.3. The van der Waals surface area contributed by atoms with E-state index in [1.165, 1.54) is 11.1 Å². The van der Waals surface area contributed by atoms with Crippen LogP contribution in [0.2, 0.25) is 0 Å². The van der Waals surface area contributed by atoms with Crippen molar-refractivity contribution in [1.82, 2.24) is 0 Å². The van der Waals surface area contributed by atoms with Gasteiger partial charge in [0.05, 0.1) is 7.11 Å². The van der Waals surface area contributed by atoms with E-state index in [0.717, 1.165) is 17.7 Å². The van der Waals surface area contributed by atoms with Gasteiger partial charge >= 0.3 is 0 Å². The first-order chi connectivity index (χ1) is 7.10. The van der Waals surface area contributed by atoms with Gasteiger partial charge in [-0.25, -0.2) is 0 Å². The molecule has 0 aliphatic heterocycles. The second-order valence-corrected chi connectivity index (χ2v) is 4.16. The van der Waals surface area contributed by atoms with Crippen LogP contribution in [0, 0.1) is 13.8 Å². The number of benzene rings is 1. The summed E-state index contributed by atoms with van der Waals surface area (Å²) in [6.45, 7) is 4.10. The van der Waals surface area contributed by atoms with Crippen molar-refractivity contribution in [1.29, 1.82) is 0 Å². The van der Waals surface area contributed by atoms with Crippen molar-refractivity contribution in [3.63, 3.8) is 0 Å². The molecule has 0 aliphatic carbocycles. The topological polar surface area (TPSA) is 35.2 Å². The summed E-state index contributed by atoms with van der Waals surface area (Å²) in [7, 11) is 1.67. The zero-order valence-electron chi connectivity index (χ0n) is 9.51. The molecule has 0 spiro atoms. The molecule has 2 N–H and O–H groups in total. The smallest absolute Gasteiger partial charge is 0.124 e. The highest BCUT2D eigenvalue weighted by atomic mass is 35.5. The molecule has 3 heteroatoms. The first-order valence-electron chi connectivity index (χ1n) is 5.06. The van der Waals surface area contributed by atoms with Gasteiger partial charge in [-0.15, -0.1) is 11.6 Å². The summed E-state index contributed by atoms with van der Waals surface area (Å²) < 4.78 is 5.35. The van der Waals surface area contributed by atoms with E-state index < -0.39 is 0 Å². The third kappa shape index (κ3) is 2.86. The molecule has 0 amide bonds. The zero-order valence-corrected chi connectivity index (χ0v) is 10.3. The highest BCUT2D eigenvalue weighted by molar-refractivity contribution is 6.17. The lowest BCUT2D eigenvalue weighted by molar-refractivity contribution is 0.404. The van der Waals surface area contributed by atoms with Crippen LogP contribution in [-0.2, 0) is 0 Å². The van der Waals surface area contributed by atoms with E-state index in [9.17, 15) is 0 Å². The minimum atomic E-state index is -0.0435. The Kier molecular flexibility index (Phi) is 4.43. The van der Waals surface area contributed by atoms with Gasteiger partial charge in [-0.05, 0) is 37.5 Å². The molecule has 0 radical (unpaired) electrons. The number of ether oxygens (including phenoxy) is 1. The van der Waals surface area contributed by atoms with Crippen LogP contribution in [0.5, 0.6) is 5.75 Å². The van der Waals surface area contributed by atoms with Gasteiger partial charge in [-0.3, -0.25) is 0 Å². The number of nitrogens with two attached hydrogens (primary N) is 1. The molecule has 0 saturated heterocycles. The van der Waals surface area contributed by atoms with Crippen LogP contribution >= 0.6 is 11.6 Å². The molecule has 1 atom stereocenters. The monoisotopic (exact) mass is 227 g/mol. The number of alkyl halides is 1. The Labute approximate surface area is 96.4 Å². The molecule has 0 fully saturated rings. The van der Waals surface area contributed by atoms with E-state index in [4.69, 9.17) is 22.1 Å². The highest BCUT2D eigenvalue weighted by Crippen LogP contribution is 2.30. The molecule has 0 saturated carbocycles. The van der Waals surface area contributed by atoms with Crippen molar-refractivity contribution < 1.29 is 4.74 Å². The summed E-state index contributed by atoms with van der Waals surface area (Å²) in [4.78, 5) is 0. The van der Waals surface area contributed by atoms with Crippen LogP contribution < -0.4 is 10.5 Å². The van der Waals surface area contributed by atoms with Gasteiger partial charge < -0.3 is 10.5 Å². The van der Waals surface area contributed by atoms with Crippen LogP contribution in [0.15, 0.2) is 12.1 Å². The summed E-state index contributed by atoms with van der Waals surface area (Å²) in [6, 6.07) is 4.08. The lowest BCUT2D eigenvalue weighted by Crippen LogP contribution is -2.14. The van der Waals surface area contributed by atoms with Gasteiger partial charge in [0.2, 0.25) is 0 Å². The third-order valence-corrected chi connectivity index (χ3v) is 2.72. The summed E-state index contributed by atoms with van der Waals surface area (Å²) in [5.74, 6) is 1.43. The van der Waals surface area contributed by atoms with Crippen LogP contribution in [0.1, 0.15) is 29.2 Å². The Bertz CT molecular complexity index is 339. The maximum absolute atomic E-state index is 6.07. The Balaban J connectivity index is 3.14. The van der Waals surface area contributed by atoms with Crippen LogP contribution in [0.25, 0.3) is 0 Å². The van der Waals surface area contributed by atoms with E-state index in [2.05, 4.69) is 13.0 Å². The quantitative estimate of drug-likeness (QED) is 0.803. The molecule has 0 heterocycles. The second kappa shape index (κ2) is 5.38. The van der Waals surface area contributed by atoms with Gasteiger partial charge in [-0.2, -0.15) is 0 Å². The van der Waals surface area contributed by atoms with E-state index in [0.29, 0.717) is 5.88 Å². The van der Waals surface area contributed by atoms with E-state index >= 15 is 0 Å². The molecule has 84 valence electrons. The summed E-state index contributed by atoms with van der Waals surface area (Å²) >= 11 is 5.70. The number of aryl methyl sites for hydroxylation is 2. The predicted octanol–water partition coefficient (Wildman–Crippen LogP) is 2.94. The zero-order chi connectivity index (χ0) is 11.4. The molecule has 0 aromatic heterocycles. The van der Waals surface area contributed by atoms with Crippen molar-refractivity contribution in [2.45, 2.75) is 26.3 Å². The van der Waals surface area contributed by atoms with Crippen molar-refractivity contribution in [3.05, 3.63) is 28.8 Å². The predicted molar refractivity (Wildman–Crippen MR) is 64.7 cm³/mol. The highest BCUT2D eigenvalue weighted by Gasteiger charge is 2.14. The second-order valence-electron chi connectivity index (χ2n) is 3.78. The SMILES string of the molecule is COc1cc(C)cc(C)c1C(N)CCCl. The van der Waals surface area contributed by atoms with Gasteiger partial charge in [0.15, 0.2) is 0 Å². The van der Waals surface area contributed by atoms with Crippen molar-refractivity contribution >= 4 is 11.6 Å². The first-order valence-corrected chi connectivity index (χ1v) is 5.60. The van der Waals surface area contributed by atoms with Gasteiger partial charge in [0.25, 0.3) is 0 Å². The van der Waals surface area contributed by atoms with Gasteiger partial charge in [-0.1, -0.05) is 6.07 Å².